The number of carbonyl (C=O) groups excluding carboxylic acids is 2. The summed E-state index contributed by atoms with van der Waals surface area (Å²) in [5, 5.41) is 14.8. The Morgan fingerprint density at radius 3 is 2.26 bits per heavy atom. The van der Waals surface area contributed by atoms with Crippen molar-refractivity contribution in [3.05, 3.63) is 59.7 Å². The van der Waals surface area contributed by atoms with Crippen molar-refractivity contribution in [3.63, 3.8) is 0 Å². The largest absolute Gasteiger partial charge is 0.481 e. The van der Waals surface area contributed by atoms with Gasteiger partial charge in [0.2, 0.25) is 5.91 Å². The fourth-order valence-electron chi connectivity index (χ4n) is 5.40. The molecule has 7 heteroatoms. The molecule has 1 saturated carbocycles. The van der Waals surface area contributed by atoms with Gasteiger partial charge in [-0.05, 0) is 53.4 Å². The molecular weight excluding hydrogens is 444 g/mol. The summed E-state index contributed by atoms with van der Waals surface area (Å²) >= 11 is 0. The van der Waals surface area contributed by atoms with Crippen LogP contribution >= 0.6 is 0 Å². The number of rotatable bonds is 9. The maximum Gasteiger partial charge on any atom is 0.407 e. The molecule has 0 aliphatic heterocycles. The van der Waals surface area contributed by atoms with E-state index < -0.39 is 18.1 Å². The summed E-state index contributed by atoms with van der Waals surface area (Å²) in [5.41, 5.74) is 4.59. The van der Waals surface area contributed by atoms with Crippen molar-refractivity contribution in [3.8, 4) is 11.1 Å². The molecule has 4 rings (SSSR count). The molecular formula is C28H34N2O5. The van der Waals surface area contributed by atoms with Gasteiger partial charge >= 0.3 is 12.1 Å². The lowest BCUT2D eigenvalue weighted by atomic mass is 9.97. The Hall–Kier alpha value is -3.35. The van der Waals surface area contributed by atoms with Gasteiger partial charge in [-0.15, -0.1) is 0 Å². The zero-order valence-corrected chi connectivity index (χ0v) is 20.3. The zero-order valence-electron chi connectivity index (χ0n) is 20.3. The minimum Gasteiger partial charge on any atom is -0.481 e. The molecule has 7 nitrogen and oxygen atoms in total. The third-order valence-corrected chi connectivity index (χ3v) is 7.46. The van der Waals surface area contributed by atoms with Crippen LogP contribution in [0.5, 0.6) is 0 Å². The molecule has 2 amide bonds. The van der Waals surface area contributed by atoms with E-state index in [4.69, 9.17) is 9.84 Å². The van der Waals surface area contributed by atoms with Crippen LogP contribution in [0.15, 0.2) is 48.5 Å². The van der Waals surface area contributed by atoms with Gasteiger partial charge in [0.05, 0.1) is 0 Å². The van der Waals surface area contributed by atoms with E-state index in [0.717, 1.165) is 35.1 Å². The summed E-state index contributed by atoms with van der Waals surface area (Å²) in [6.07, 6.45) is 2.42. The lowest BCUT2D eigenvalue weighted by Crippen LogP contribution is -2.52. The Balaban J connectivity index is 1.36. The van der Waals surface area contributed by atoms with Crippen molar-refractivity contribution in [2.45, 2.75) is 64.0 Å². The molecule has 0 radical (unpaired) electrons. The van der Waals surface area contributed by atoms with Crippen molar-refractivity contribution in [2.24, 2.45) is 11.8 Å². The highest BCUT2D eigenvalue weighted by Gasteiger charge is 2.33. The molecule has 2 aromatic rings. The van der Waals surface area contributed by atoms with Crippen LogP contribution in [-0.2, 0) is 14.3 Å². The molecule has 1 fully saturated rings. The minimum atomic E-state index is -0.809. The molecule has 2 aliphatic carbocycles. The number of alkyl carbamates (subject to hydrolysis) is 1. The van der Waals surface area contributed by atoms with E-state index in [1.165, 1.54) is 0 Å². The molecule has 2 aromatic carbocycles. The molecule has 0 bridgehead atoms. The highest BCUT2D eigenvalue weighted by molar-refractivity contribution is 5.86. The molecule has 2 aliphatic rings. The topological polar surface area (TPSA) is 105 Å². The van der Waals surface area contributed by atoms with Crippen molar-refractivity contribution in [1.29, 1.82) is 0 Å². The molecule has 2 unspecified atom stereocenters. The molecule has 4 atom stereocenters. The van der Waals surface area contributed by atoms with E-state index in [1.54, 1.807) is 0 Å². The average Bonchev–Trinajstić information content (AvgIpc) is 3.41. The normalized spacial score (nSPS) is 20.4. The third-order valence-electron chi connectivity index (χ3n) is 7.46. The number of hydrogen-bond acceptors (Lipinski definition) is 4. The van der Waals surface area contributed by atoms with Crippen LogP contribution in [0.2, 0.25) is 0 Å². The van der Waals surface area contributed by atoms with E-state index in [9.17, 15) is 14.4 Å². The smallest absolute Gasteiger partial charge is 0.407 e. The van der Waals surface area contributed by atoms with E-state index in [-0.39, 0.29) is 42.7 Å². The van der Waals surface area contributed by atoms with Crippen molar-refractivity contribution in [1.82, 2.24) is 10.6 Å². The van der Waals surface area contributed by atoms with Gasteiger partial charge in [0.1, 0.15) is 12.6 Å². The number of aliphatic carboxylic acids is 1. The SMILES string of the molecule is CC[C@H](C)[C@H](NC(=O)OCC1c2ccccc2-c2ccccc21)C(=O)NC1CCC(CC(=O)O)C1. The summed E-state index contributed by atoms with van der Waals surface area (Å²) in [6.45, 7) is 4.09. The Kier molecular flexibility index (Phi) is 7.73. The van der Waals surface area contributed by atoms with Gasteiger partial charge in [-0.3, -0.25) is 9.59 Å². The van der Waals surface area contributed by atoms with Crippen molar-refractivity contribution < 1.29 is 24.2 Å². The first-order chi connectivity index (χ1) is 16.9. The number of fused-ring (bicyclic) bond motifs is 3. The van der Waals surface area contributed by atoms with Crippen LogP contribution in [0, 0.1) is 11.8 Å². The van der Waals surface area contributed by atoms with Gasteiger partial charge in [-0.1, -0.05) is 68.8 Å². The monoisotopic (exact) mass is 478 g/mol. The first kappa shape index (κ1) is 24.8. The maximum atomic E-state index is 13.1. The lowest BCUT2D eigenvalue weighted by molar-refractivity contribution is -0.138. The van der Waals surface area contributed by atoms with Gasteiger partial charge in [0.15, 0.2) is 0 Å². The van der Waals surface area contributed by atoms with Crippen LogP contribution in [0.25, 0.3) is 11.1 Å². The lowest BCUT2D eigenvalue weighted by Gasteiger charge is -2.25. The number of ether oxygens (including phenoxy) is 1. The first-order valence-electron chi connectivity index (χ1n) is 12.5. The minimum absolute atomic E-state index is 0.0475. The van der Waals surface area contributed by atoms with E-state index >= 15 is 0 Å². The number of amides is 2. The molecule has 3 N–H and O–H groups in total. The summed E-state index contributed by atoms with van der Waals surface area (Å²) < 4.78 is 5.65. The summed E-state index contributed by atoms with van der Waals surface area (Å²) in [4.78, 5) is 36.8. The number of hydrogen-bond donors (Lipinski definition) is 3. The molecule has 0 spiro atoms. The second kappa shape index (κ2) is 10.9. The van der Waals surface area contributed by atoms with Gasteiger partial charge in [-0.2, -0.15) is 0 Å². The predicted molar refractivity (Wildman–Crippen MR) is 133 cm³/mol. The Morgan fingerprint density at radius 2 is 1.66 bits per heavy atom. The van der Waals surface area contributed by atoms with Crippen LogP contribution in [0.1, 0.15) is 63.0 Å². The number of carboxylic acids is 1. The zero-order chi connectivity index (χ0) is 24.9. The van der Waals surface area contributed by atoms with Crippen LogP contribution in [0.3, 0.4) is 0 Å². The van der Waals surface area contributed by atoms with Gasteiger partial charge < -0.3 is 20.5 Å². The molecule has 186 valence electrons. The maximum absolute atomic E-state index is 13.1. The van der Waals surface area contributed by atoms with Crippen LogP contribution in [-0.4, -0.2) is 41.8 Å². The fourth-order valence-corrected chi connectivity index (χ4v) is 5.40. The Bertz CT molecular complexity index is 1040. The number of carbonyl (C=O) groups is 3. The van der Waals surface area contributed by atoms with Crippen LogP contribution in [0.4, 0.5) is 4.79 Å². The highest BCUT2D eigenvalue weighted by Crippen LogP contribution is 2.44. The summed E-state index contributed by atoms with van der Waals surface area (Å²) in [7, 11) is 0. The van der Waals surface area contributed by atoms with Gasteiger partial charge in [0, 0.05) is 18.4 Å². The third kappa shape index (κ3) is 5.66. The van der Waals surface area contributed by atoms with Crippen LogP contribution < -0.4 is 10.6 Å². The summed E-state index contributed by atoms with van der Waals surface area (Å²) in [5.74, 6) is -1.10. The molecule has 0 aromatic heterocycles. The van der Waals surface area contributed by atoms with Crippen molar-refractivity contribution in [2.75, 3.05) is 6.61 Å². The average molecular weight is 479 g/mol. The second-order valence-electron chi connectivity index (χ2n) is 9.82. The molecule has 35 heavy (non-hydrogen) atoms. The number of carboxylic acid groups (broad SMARTS) is 1. The second-order valence-corrected chi connectivity index (χ2v) is 9.82. The molecule has 0 heterocycles. The van der Waals surface area contributed by atoms with Gasteiger partial charge in [-0.25, -0.2) is 4.79 Å². The summed E-state index contributed by atoms with van der Waals surface area (Å²) in [6, 6.07) is 15.5. The Labute approximate surface area is 206 Å². The standard InChI is InChI=1S/C28H34N2O5/c1-3-17(2)26(27(33)29-19-13-12-18(14-19)15-25(31)32)30-28(34)35-16-24-22-10-6-4-8-20(22)21-9-5-7-11-23(21)24/h4-11,17-19,24,26H,3,12-16H2,1-2H3,(H,29,33)(H,30,34)(H,31,32)/t17-,18?,19?,26-/m0/s1. The van der Waals surface area contributed by atoms with Gasteiger partial charge in [0.25, 0.3) is 0 Å². The highest BCUT2D eigenvalue weighted by atomic mass is 16.5. The van der Waals surface area contributed by atoms with E-state index in [2.05, 4.69) is 34.9 Å². The first-order valence-corrected chi connectivity index (χ1v) is 12.5. The van der Waals surface area contributed by atoms with Crippen molar-refractivity contribution >= 4 is 18.0 Å². The molecule has 0 saturated heterocycles. The number of nitrogens with one attached hydrogen (secondary N) is 2. The predicted octanol–water partition coefficient (Wildman–Crippen LogP) is 4.70. The van der Waals surface area contributed by atoms with E-state index in [0.29, 0.717) is 12.8 Å². The van der Waals surface area contributed by atoms with E-state index in [1.807, 2.05) is 38.1 Å². The fraction of sp³-hybridized carbons (Fsp3) is 0.464. The quantitative estimate of drug-likeness (QED) is 0.485. The number of benzene rings is 2. The Morgan fingerprint density at radius 1 is 1.03 bits per heavy atom.